The van der Waals surface area contributed by atoms with E-state index in [9.17, 15) is 9.90 Å². The monoisotopic (exact) mass is 250 g/mol. The predicted octanol–water partition coefficient (Wildman–Crippen LogP) is 2.32. The Bertz CT molecular complexity index is 447. The van der Waals surface area contributed by atoms with Crippen molar-refractivity contribution in [2.24, 2.45) is 0 Å². The summed E-state index contributed by atoms with van der Waals surface area (Å²) in [5.74, 6) is -0.258. The standard InChI is InChI=1S/C14H18O4/c1-10-3-4-11(2)12(9-10)18-14(13(15)16)5-7-17-8-6-14/h3-4,9H,5-8H2,1-2H3,(H,15,16). The molecule has 4 heteroatoms. The van der Waals surface area contributed by atoms with Gasteiger partial charge in [0, 0.05) is 12.8 Å². The van der Waals surface area contributed by atoms with Gasteiger partial charge in [-0.1, -0.05) is 12.1 Å². The molecule has 1 saturated heterocycles. The van der Waals surface area contributed by atoms with Crippen molar-refractivity contribution in [2.45, 2.75) is 32.3 Å². The quantitative estimate of drug-likeness (QED) is 0.894. The first kappa shape index (κ1) is 12.9. The van der Waals surface area contributed by atoms with E-state index in [4.69, 9.17) is 9.47 Å². The maximum absolute atomic E-state index is 11.5. The van der Waals surface area contributed by atoms with E-state index in [2.05, 4.69) is 0 Å². The summed E-state index contributed by atoms with van der Waals surface area (Å²) in [6.45, 7) is 4.74. The lowest BCUT2D eigenvalue weighted by Gasteiger charge is -2.34. The van der Waals surface area contributed by atoms with Crippen molar-refractivity contribution in [3.63, 3.8) is 0 Å². The zero-order valence-corrected chi connectivity index (χ0v) is 10.7. The number of aliphatic carboxylic acids is 1. The minimum absolute atomic E-state index is 0.385. The van der Waals surface area contributed by atoms with Crippen LogP contribution >= 0.6 is 0 Å². The summed E-state index contributed by atoms with van der Waals surface area (Å²) >= 11 is 0. The zero-order chi connectivity index (χ0) is 13.2. The van der Waals surface area contributed by atoms with E-state index in [0.717, 1.165) is 11.1 Å². The normalized spacial score (nSPS) is 18.3. The van der Waals surface area contributed by atoms with Crippen molar-refractivity contribution < 1.29 is 19.4 Å². The average Bonchev–Trinajstić information content (AvgIpc) is 2.35. The van der Waals surface area contributed by atoms with Gasteiger partial charge in [0.1, 0.15) is 5.75 Å². The Labute approximate surface area is 107 Å². The molecule has 0 aromatic heterocycles. The molecule has 0 unspecified atom stereocenters. The lowest BCUT2D eigenvalue weighted by molar-refractivity contribution is -0.163. The number of hydrogen-bond acceptors (Lipinski definition) is 3. The molecule has 1 aliphatic heterocycles. The summed E-state index contributed by atoms with van der Waals surface area (Å²) in [6.07, 6.45) is 0.769. The maximum Gasteiger partial charge on any atom is 0.348 e. The van der Waals surface area contributed by atoms with Gasteiger partial charge < -0.3 is 14.6 Å². The lowest BCUT2D eigenvalue weighted by atomic mass is 9.94. The molecule has 1 heterocycles. The van der Waals surface area contributed by atoms with Crippen LogP contribution in [0.1, 0.15) is 24.0 Å². The van der Waals surface area contributed by atoms with Crippen LogP contribution in [0.4, 0.5) is 0 Å². The van der Waals surface area contributed by atoms with Gasteiger partial charge in [0.2, 0.25) is 5.60 Å². The SMILES string of the molecule is Cc1ccc(C)c(OC2(C(=O)O)CCOCC2)c1. The van der Waals surface area contributed by atoms with Crippen LogP contribution in [0.25, 0.3) is 0 Å². The van der Waals surface area contributed by atoms with Crippen LogP contribution in [-0.2, 0) is 9.53 Å². The number of benzene rings is 1. The molecular formula is C14H18O4. The fourth-order valence-electron chi connectivity index (χ4n) is 2.09. The van der Waals surface area contributed by atoms with Gasteiger partial charge in [0.25, 0.3) is 0 Å². The van der Waals surface area contributed by atoms with Crippen LogP contribution in [0.15, 0.2) is 18.2 Å². The highest BCUT2D eigenvalue weighted by atomic mass is 16.5. The average molecular weight is 250 g/mol. The van der Waals surface area contributed by atoms with Gasteiger partial charge in [-0.2, -0.15) is 0 Å². The highest BCUT2D eigenvalue weighted by molar-refractivity contribution is 5.78. The minimum Gasteiger partial charge on any atom is -0.478 e. The summed E-state index contributed by atoms with van der Waals surface area (Å²) in [7, 11) is 0. The summed E-state index contributed by atoms with van der Waals surface area (Å²) < 4.78 is 11.1. The number of ether oxygens (including phenoxy) is 2. The molecule has 18 heavy (non-hydrogen) atoms. The van der Waals surface area contributed by atoms with Crippen molar-refractivity contribution in [3.05, 3.63) is 29.3 Å². The van der Waals surface area contributed by atoms with Crippen molar-refractivity contribution in [1.29, 1.82) is 0 Å². The molecule has 4 nitrogen and oxygen atoms in total. The van der Waals surface area contributed by atoms with Gasteiger partial charge >= 0.3 is 5.97 Å². The highest BCUT2D eigenvalue weighted by Gasteiger charge is 2.43. The Hall–Kier alpha value is -1.55. The van der Waals surface area contributed by atoms with Crippen LogP contribution < -0.4 is 4.74 Å². The number of carbonyl (C=O) groups is 1. The van der Waals surface area contributed by atoms with E-state index in [1.165, 1.54) is 0 Å². The molecule has 0 saturated carbocycles. The molecule has 0 aliphatic carbocycles. The summed E-state index contributed by atoms with van der Waals surface area (Å²) in [5, 5.41) is 9.43. The second kappa shape index (κ2) is 4.98. The Kier molecular flexibility index (Phi) is 3.57. The molecule has 0 atom stereocenters. The lowest BCUT2D eigenvalue weighted by Crippen LogP contribution is -2.49. The molecule has 0 spiro atoms. The number of aryl methyl sites for hydroxylation is 2. The van der Waals surface area contributed by atoms with Crippen LogP contribution in [0.3, 0.4) is 0 Å². The number of carboxylic acids is 1. The van der Waals surface area contributed by atoms with Gasteiger partial charge in [-0.3, -0.25) is 0 Å². The Balaban J connectivity index is 2.28. The first-order valence-corrected chi connectivity index (χ1v) is 6.11. The molecule has 0 amide bonds. The van der Waals surface area contributed by atoms with Gasteiger partial charge in [0.15, 0.2) is 0 Å². The molecule has 98 valence electrons. The van der Waals surface area contributed by atoms with Gasteiger partial charge in [-0.05, 0) is 31.0 Å². The van der Waals surface area contributed by atoms with Crippen LogP contribution in [0, 0.1) is 13.8 Å². The highest BCUT2D eigenvalue weighted by Crippen LogP contribution is 2.30. The van der Waals surface area contributed by atoms with Crippen molar-refractivity contribution >= 4 is 5.97 Å². The molecule has 1 N–H and O–H groups in total. The third kappa shape index (κ3) is 2.48. The number of carboxylic acid groups (broad SMARTS) is 1. The van der Waals surface area contributed by atoms with Crippen LogP contribution in [-0.4, -0.2) is 29.9 Å². The fraction of sp³-hybridized carbons (Fsp3) is 0.500. The van der Waals surface area contributed by atoms with E-state index < -0.39 is 11.6 Å². The molecule has 1 aromatic carbocycles. The van der Waals surface area contributed by atoms with Crippen LogP contribution in [0.5, 0.6) is 5.75 Å². The summed E-state index contributed by atoms with van der Waals surface area (Å²) in [5.41, 5.74) is 0.868. The molecule has 1 aliphatic rings. The molecule has 0 radical (unpaired) electrons. The van der Waals surface area contributed by atoms with E-state index in [0.29, 0.717) is 31.8 Å². The smallest absolute Gasteiger partial charge is 0.348 e. The summed E-state index contributed by atoms with van der Waals surface area (Å²) in [6, 6.07) is 5.81. The second-order valence-corrected chi connectivity index (χ2v) is 4.78. The van der Waals surface area contributed by atoms with E-state index >= 15 is 0 Å². The predicted molar refractivity (Wildman–Crippen MR) is 67.0 cm³/mol. The van der Waals surface area contributed by atoms with E-state index in [1.54, 1.807) is 0 Å². The molecule has 1 fully saturated rings. The fourth-order valence-corrected chi connectivity index (χ4v) is 2.09. The molecule has 1 aromatic rings. The molecule has 2 rings (SSSR count). The van der Waals surface area contributed by atoms with Crippen molar-refractivity contribution in [2.75, 3.05) is 13.2 Å². The Morgan fingerprint density at radius 1 is 1.33 bits per heavy atom. The number of hydrogen-bond donors (Lipinski definition) is 1. The largest absolute Gasteiger partial charge is 0.478 e. The Morgan fingerprint density at radius 3 is 2.61 bits per heavy atom. The van der Waals surface area contributed by atoms with Crippen molar-refractivity contribution in [3.8, 4) is 5.75 Å². The van der Waals surface area contributed by atoms with Gasteiger partial charge in [-0.25, -0.2) is 4.79 Å². The zero-order valence-electron chi connectivity index (χ0n) is 10.7. The molecular weight excluding hydrogens is 232 g/mol. The topological polar surface area (TPSA) is 55.8 Å². The van der Waals surface area contributed by atoms with Crippen LogP contribution in [0.2, 0.25) is 0 Å². The van der Waals surface area contributed by atoms with Gasteiger partial charge in [-0.15, -0.1) is 0 Å². The Morgan fingerprint density at radius 2 is 2.00 bits per heavy atom. The molecule has 0 bridgehead atoms. The van der Waals surface area contributed by atoms with Crippen molar-refractivity contribution in [1.82, 2.24) is 0 Å². The first-order valence-electron chi connectivity index (χ1n) is 6.11. The third-order valence-electron chi connectivity index (χ3n) is 3.34. The van der Waals surface area contributed by atoms with E-state index in [-0.39, 0.29) is 0 Å². The summed E-state index contributed by atoms with van der Waals surface area (Å²) in [4.78, 5) is 11.5. The maximum atomic E-state index is 11.5. The number of rotatable bonds is 3. The van der Waals surface area contributed by atoms with Gasteiger partial charge in [0.05, 0.1) is 13.2 Å². The minimum atomic E-state index is -1.14. The first-order chi connectivity index (χ1) is 8.53. The second-order valence-electron chi connectivity index (χ2n) is 4.78. The van der Waals surface area contributed by atoms with E-state index in [1.807, 2.05) is 32.0 Å². The third-order valence-corrected chi connectivity index (χ3v) is 3.34.